The fourth-order valence-electron chi connectivity index (χ4n) is 1.41. The van der Waals surface area contributed by atoms with Gasteiger partial charge in [-0.15, -0.1) is 0 Å². The standard InChI is InChI=1S/C11H14F3NO4S/c12-8-6-9(13)11(10(14)7-8)20(17,18)15-2-1-4-19-5-3-16/h6-7,15-16H,1-5H2. The molecule has 0 aliphatic rings. The van der Waals surface area contributed by atoms with E-state index >= 15 is 0 Å². The van der Waals surface area contributed by atoms with Crippen LogP contribution in [-0.4, -0.2) is 39.9 Å². The van der Waals surface area contributed by atoms with Gasteiger partial charge < -0.3 is 9.84 Å². The molecule has 0 aliphatic carbocycles. The van der Waals surface area contributed by atoms with Crippen molar-refractivity contribution >= 4 is 10.0 Å². The maximum Gasteiger partial charge on any atom is 0.246 e. The van der Waals surface area contributed by atoms with Crippen molar-refractivity contribution in [1.29, 1.82) is 0 Å². The Bertz CT molecular complexity index is 528. The second-order valence-corrected chi connectivity index (χ2v) is 5.49. The highest BCUT2D eigenvalue weighted by Gasteiger charge is 2.24. The number of rotatable bonds is 8. The van der Waals surface area contributed by atoms with Crippen LogP contribution >= 0.6 is 0 Å². The molecule has 0 atom stereocenters. The molecule has 0 heterocycles. The molecule has 0 saturated carbocycles. The summed E-state index contributed by atoms with van der Waals surface area (Å²) in [6, 6.07) is 0.587. The van der Waals surface area contributed by atoms with Crippen molar-refractivity contribution in [2.75, 3.05) is 26.4 Å². The molecule has 1 aromatic carbocycles. The number of ether oxygens (including phenoxy) is 1. The zero-order valence-electron chi connectivity index (χ0n) is 10.4. The first kappa shape index (κ1) is 16.9. The average molecular weight is 313 g/mol. The van der Waals surface area contributed by atoms with E-state index in [9.17, 15) is 21.6 Å². The normalized spacial score (nSPS) is 11.8. The van der Waals surface area contributed by atoms with E-state index in [1.54, 1.807) is 0 Å². The molecule has 0 fully saturated rings. The third kappa shape index (κ3) is 4.75. The summed E-state index contributed by atoms with van der Waals surface area (Å²) in [5, 5.41) is 8.43. The molecule has 114 valence electrons. The van der Waals surface area contributed by atoms with Gasteiger partial charge in [0.15, 0.2) is 4.90 Å². The van der Waals surface area contributed by atoms with Gasteiger partial charge in [0.05, 0.1) is 13.2 Å². The first-order valence-corrected chi connectivity index (χ1v) is 7.19. The van der Waals surface area contributed by atoms with Crippen LogP contribution in [0.5, 0.6) is 0 Å². The average Bonchev–Trinajstić information content (AvgIpc) is 2.31. The lowest BCUT2D eigenvalue weighted by Gasteiger charge is -2.09. The number of halogens is 3. The topological polar surface area (TPSA) is 75.6 Å². The van der Waals surface area contributed by atoms with E-state index in [1.807, 2.05) is 4.72 Å². The van der Waals surface area contributed by atoms with Crippen molar-refractivity contribution in [2.45, 2.75) is 11.3 Å². The molecule has 1 aromatic rings. The van der Waals surface area contributed by atoms with Gasteiger partial charge in [-0.1, -0.05) is 0 Å². The molecule has 5 nitrogen and oxygen atoms in total. The lowest BCUT2D eigenvalue weighted by Crippen LogP contribution is -2.27. The molecule has 0 spiro atoms. The lowest BCUT2D eigenvalue weighted by molar-refractivity contribution is 0.0913. The third-order valence-corrected chi connectivity index (χ3v) is 3.74. The Morgan fingerprint density at radius 3 is 2.30 bits per heavy atom. The minimum Gasteiger partial charge on any atom is -0.394 e. The van der Waals surface area contributed by atoms with Crippen molar-refractivity contribution < 1.29 is 31.4 Å². The minimum atomic E-state index is -4.40. The second-order valence-electron chi connectivity index (χ2n) is 3.79. The largest absolute Gasteiger partial charge is 0.394 e. The van der Waals surface area contributed by atoms with E-state index in [4.69, 9.17) is 9.84 Å². The summed E-state index contributed by atoms with van der Waals surface area (Å²) in [6.45, 7) is 0.0349. The van der Waals surface area contributed by atoms with Crippen molar-refractivity contribution in [3.8, 4) is 0 Å². The molecule has 0 radical (unpaired) electrons. The highest BCUT2D eigenvalue weighted by Crippen LogP contribution is 2.19. The Balaban J connectivity index is 2.66. The van der Waals surface area contributed by atoms with Crippen LogP contribution in [0.1, 0.15) is 6.42 Å². The summed E-state index contributed by atoms with van der Waals surface area (Å²) in [7, 11) is -4.40. The van der Waals surface area contributed by atoms with Crippen molar-refractivity contribution in [3.05, 3.63) is 29.6 Å². The van der Waals surface area contributed by atoms with E-state index < -0.39 is 32.4 Å². The molecule has 0 aliphatic heterocycles. The van der Waals surface area contributed by atoms with Crippen molar-refractivity contribution in [2.24, 2.45) is 0 Å². The predicted octanol–water partition coefficient (Wildman–Crippen LogP) is 0.781. The van der Waals surface area contributed by atoms with Gasteiger partial charge in [0.2, 0.25) is 10.0 Å². The maximum absolute atomic E-state index is 13.3. The molecule has 0 aromatic heterocycles. The van der Waals surface area contributed by atoms with Gasteiger partial charge in [0.25, 0.3) is 0 Å². The van der Waals surface area contributed by atoms with Gasteiger partial charge in [-0.2, -0.15) is 0 Å². The van der Waals surface area contributed by atoms with Crippen molar-refractivity contribution in [1.82, 2.24) is 4.72 Å². The minimum absolute atomic E-state index is 0.107. The van der Waals surface area contributed by atoms with Gasteiger partial charge in [0.1, 0.15) is 17.5 Å². The Labute approximate surface area is 114 Å². The van der Waals surface area contributed by atoms with Gasteiger partial charge in [-0.25, -0.2) is 26.3 Å². The Hall–Kier alpha value is -1.16. The SMILES string of the molecule is O=S(=O)(NCCCOCCO)c1c(F)cc(F)cc1F. The molecule has 9 heteroatoms. The van der Waals surface area contributed by atoms with E-state index in [2.05, 4.69) is 0 Å². The molecule has 0 unspecified atom stereocenters. The van der Waals surface area contributed by atoms with Gasteiger partial charge in [0, 0.05) is 25.3 Å². The van der Waals surface area contributed by atoms with Crippen LogP contribution in [0, 0.1) is 17.5 Å². The molecular weight excluding hydrogens is 299 g/mol. The predicted molar refractivity (Wildman–Crippen MR) is 64.0 cm³/mol. The zero-order chi connectivity index (χ0) is 15.2. The van der Waals surface area contributed by atoms with E-state index in [-0.39, 0.29) is 32.8 Å². The van der Waals surface area contributed by atoms with Crippen LogP contribution < -0.4 is 4.72 Å². The molecule has 0 amide bonds. The number of benzene rings is 1. The lowest BCUT2D eigenvalue weighted by atomic mass is 10.3. The summed E-state index contributed by atoms with van der Waals surface area (Å²) < 4.78 is 69.6. The van der Waals surface area contributed by atoms with E-state index in [0.29, 0.717) is 12.1 Å². The smallest absolute Gasteiger partial charge is 0.246 e. The van der Waals surface area contributed by atoms with Gasteiger partial charge in [-0.3, -0.25) is 0 Å². The first-order chi connectivity index (χ1) is 9.38. The monoisotopic (exact) mass is 313 g/mol. The number of hydrogen-bond acceptors (Lipinski definition) is 4. The van der Waals surface area contributed by atoms with Crippen LogP contribution in [-0.2, 0) is 14.8 Å². The molecule has 20 heavy (non-hydrogen) atoms. The van der Waals surface area contributed by atoms with Crippen molar-refractivity contribution in [3.63, 3.8) is 0 Å². The van der Waals surface area contributed by atoms with Crippen LogP contribution in [0.3, 0.4) is 0 Å². The highest BCUT2D eigenvalue weighted by molar-refractivity contribution is 7.89. The first-order valence-electron chi connectivity index (χ1n) is 5.71. The fraction of sp³-hybridized carbons (Fsp3) is 0.455. The number of nitrogens with one attached hydrogen (secondary N) is 1. The maximum atomic E-state index is 13.3. The van der Waals surface area contributed by atoms with Gasteiger partial charge >= 0.3 is 0 Å². The van der Waals surface area contributed by atoms with Crippen LogP contribution in [0.2, 0.25) is 0 Å². The molecule has 0 saturated heterocycles. The Morgan fingerprint density at radius 1 is 1.15 bits per heavy atom. The number of aliphatic hydroxyl groups excluding tert-OH is 1. The number of hydrogen-bond donors (Lipinski definition) is 2. The number of sulfonamides is 1. The summed E-state index contributed by atoms with van der Waals surface area (Å²) in [6.07, 6.45) is 0.254. The van der Waals surface area contributed by atoms with Crippen LogP contribution in [0.15, 0.2) is 17.0 Å². The Kier molecular flexibility index (Phi) is 6.40. The fourth-order valence-corrected chi connectivity index (χ4v) is 2.59. The molecule has 0 bridgehead atoms. The van der Waals surface area contributed by atoms with E-state index in [1.165, 1.54) is 0 Å². The quantitative estimate of drug-likeness (QED) is 0.696. The van der Waals surface area contributed by atoms with Gasteiger partial charge in [-0.05, 0) is 6.42 Å². The summed E-state index contributed by atoms with van der Waals surface area (Å²) >= 11 is 0. The number of aliphatic hydroxyl groups is 1. The van der Waals surface area contributed by atoms with Crippen LogP contribution in [0.25, 0.3) is 0 Å². The highest BCUT2D eigenvalue weighted by atomic mass is 32.2. The second kappa shape index (κ2) is 7.58. The molecular formula is C11H14F3NO4S. The molecule has 1 rings (SSSR count). The zero-order valence-corrected chi connectivity index (χ0v) is 11.2. The summed E-state index contributed by atoms with van der Waals surface area (Å²) in [5.41, 5.74) is 0. The summed E-state index contributed by atoms with van der Waals surface area (Å²) in [5.74, 6) is -4.19. The van der Waals surface area contributed by atoms with E-state index in [0.717, 1.165) is 0 Å². The Morgan fingerprint density at radius 2 is 1.75 bits per heavy atom. The molecule has 2 N–H and O–H groups in total. The van der Waals surface area contributed by atoms with Crippen LogP contribution in [0.4, 0.5) is 13.2 Å². The summed E-state index contributed by atoms with van der Waals surface area (Å²) in [4.78, 5) is -1.21. The third-order valence-electron chi connectivity index (χ3n) is 2.22.